The van der Waals surface area contributed by atoms with Crippen molar-refractivity contribution in [2.24, 2.45) is 5.92 Å². The lowest BCUT2D eigenvalue weighted by Crippen LogP contribution is -2.42. The van der Waals surface area contributed by atoms with Gasteiger partial charge in [-0.1, -0.05) is 53.7 Å². The van der Waals surface area contributed by atoms with E-state index in [0.29, 0.717) is 10.9 Å². The van der Waals surface area contributed by atoms with Gasteiger partial charge in [0.2, 0.25) is 5.91 Å². The first-order valence-electron chi connectivity index (χ1n) is 8.73. The van der Waals surface area contributed by atoms with Gasteiger partial charge in [0, 0.05) is 19.3 Å². The van der Waals surface area contributed by atoms with Gasteiger partial charge in [0.1, 0.15) is 5.03 Å². The van der Waals surface area contributed by atoms with E-state index in [2.05, 4.69) is 35.3 Å². The average Bonchev–Trinajstić information content (AvgIpc) is 2.64. The van der Waals surface area contributed by atoms with Crippen molar-refractivity contribution in [2.45, 2.75) is 36.5 Å². The standard InChI is InChI=1S/C20H23ClN2OS/c1-15(25-19-18(21)8-5-11-22-19)20(24)23-12-9-17(10-13-23)14-16-6-3-2-4-7-16/h2-8,11,15,17H,9-10,12-14H2,1H3. The van der Waals surface area contributed by atoms with Gasteiger partial charge < -0.3 is 4.90 Å². The zero-order chi connectivity index (χ0) is 17.6. The molecule has 2 aromatic rings. The Kier molecular flexibility index (Phi) is 6.38. The second-order valence-electron chi connectivity index (χ2n) is 6.51. The number of carbonyl (C=O) groups is 1. The summed E-state index contributed by atoms with van der Waals surface area (Å²) in [5.74, 6) is 0.851. The number of amides is 1. The second kappa shape index (κ2) is 8.72. The van der Waals surface area contributed by atoms with Gasteiger partial charge in [0.05, 0.1) is 10.3 Å². The van der Waals surface area contributed by atoms with Crippen LogP contribution in [0.5, 0.6) is 0 Å². The predicted octanol–water partition coefficient (Wildman–Crippen LogP) is 4.70. The fourth-order valence-corrected chi connectivity index (χ4v) is 4.38. The Morgan fingerprint density at radius 1 is 1.24 bits per heavy atom. The SMILES string of the molecule is CC(Sc1ncccc1Cl)C(=O)N1CCC(Cc2ccccc2)CC1. The Balaban J connectivity index is 1.50. The molecule has 1 aromatic heterocycles. The van der Waals surface area contributed by atoms with Gasteiger partial charge in [0.25, 0.3) is 0 Å². The van der Waals surface area contributed by atoms with Crippen LogP contribution in [0.4, 0.5) is 0 Å². The molecule has 1 aliphatic heterocycles. The minimum absolute atomic E-state index is 0.168. The Morgan fingerprint density at radius 2 is 1.96 bits per heavy atom. The Bertz CT molecular complexity index is 702. The van der Waals surface area contributed by atoms with Crippen LogP contribution in [-0.2, 0) is 11.2 Å². The second-order valence-corrected chi connectivity index (χ2v) is 8.25. The number of pyridine rings is 1. The van der Waals surface area contributed by atoms with Crippen molar-refractivity contribution in [3.63, 3.8) is 0 Å². The fraction of sp³-hybridized carbons (Fsp3) is 0.400. The third-order valence-corrected chi connectivity index (χ3v) is 6.18. The zero-order valence-corrected chi connectivity index (χ0v) is 16.0. The first-order valence-corrected chi connectivity index (χ1v) is 9.99. The lowest BCUT2D eigenvalue weighted by molar-refractivity contribution is -0.131. The summed E-state index contributed by atoms with van der Waals surface area (Å²) >= 11 is 7.59. The molecular formula is C20H23ClN2OS. The van der Waals surface area contributed by atoms with E-state index >= 15 is 0 Å². The summed E-state index contributed by atoms with van der Waals surface area (Å²) in [6.07, 6.45) is 4.96. The van der Waals surface area contributed by atoms with E-state index in [-0.39, 0.29) is 11.2 Å². The normalized spacial score (nSPS) is 16.6. The minimum atomic E-state index is -0.168. The summed E-state index contributed by atoms with van der Waals surface area (Å²) in [6, 6.07) is 14.2. The molecule has 132 valence electrons. The number of hydrogen-bond acceptors (Lipinski definition) is 3. The summed E-state index contributed by atoms with van der Waals surface area (Å²) in [4.78, 5) is 19.0. The molecule has 1 saturated heterocycles. The van der Waals surface area contributed by atoms with Gasteiger partial charge in [-0.05, 0) is 49.8 Å². The lowest BCUT2D eigenvalue weighted by Gasteiger charge is -2.33. The third-order valence-electron chi connectivity index (χ3n) is 4.65. The summed E-state index contributed by atoms with van der Waals surface area (Å²) < 4.78 is 0. The number of thioether (sulfide) groups is 1. The quantitative estimate of drug-likeness (QED) is 0.711. The van der Waals surface area contributed by atoms with E-state index in [1.807, 2.05) is 17.9 Å². The molecule has 3 nitrogen and oxygen atoms in total. The van der Waals surface area contributed by atoms with Crippen molar-refractivity contribution < 1.29 is 4.79 Å². The molecule has 1 atom stereocenters. The number of benzene rings is 1. The average molecular weight is 375 g/mol. The summed E-state index contributed by atoms with van der Waals surface area (Å²) in [5.41, 5.74) is 1.39. The van der Waals surface area contributed by atoms with Crippen molar-refractivity contribution in [3.8, 4) is 0 Å². The number of nitrogens with zero attached hydrogens (tertiary/aromatic N) is 2. The van der Waals surface area contributed by atoms with E-state index in [1.54, 1.807) is 12.3 Å². The molecule has 0 N–H and O–H groups in total. The Labute approximate surface area is 158 Å². The number of rotatable bonds is 5. The van der Waals surface area contributed by atoms with Gasteiger partial charge in [-0.2, -0.15) is 0 Å². The van der Waals surface area contributed by atoms with Crippen LogP contribution in [0.25, 0.3) is 0 Å². The zero-order valence-electron chi connectivity index (χ0n) is 14.4. The Morgan fingerprint density at radius 3 is 2.64 bits per heavy atom. The highest BCUT2D eigenvalue weighted by Gasteiger charge is 2.27. The molecule has 0 spiro atoms. The van der Waals surface area contributed by atoms with Crippen LogP contribution in [-0.4, -0.2) is 34.1 Å². The van der Waals surface area contributed by atoms with Crippen LogP contribution in [0.15, 0.2) is 53.7 Å². The van der Waals surface area contributed by atoms with Crippen molar-refractivity contribution in [3.05, 3.63) is 59.2 Å². The summed E-state index contributed by atoms with van der Waals surface area (Å²) in [6.45, 7) is 3.63. The van der Waals surface area contributed by atoms with Gasteiger partial charge in [-0.25, -0.2) is 4.98 Å². The molecule has 1 aliphatic rings. The number of halogens is 1. The largest absolute Gasteiger partial charge is 0.342 e. The number of likely N-dealkylation sites (tertiary alicyclic amines) is 1. The van der Waals surface area contributed by atoms with Gasteiger partial charge in [0.15, 0.2) is 0 Å². The molecule has 3 rings (SSSR count). The van der Waals surface area contributed by atoms with Crippen LogP contribution >= 0.6 is 23.4 Å². The van der Waals surface area contributed by atoms with E-state index in [0.717, 1.165) is 37.4 Å². The monoisotopic (exact) mass is 374 g/mol. The van der Waals surface area contributed by atoms with Crippen LogP contribution in [0.1, 0.15) is 25.3 Å². The third kappa shape index (κ3) is 4.99. The minimum Gasteiger partial charge on any atom is -0.342 e. The van der Waals surface area contributed by atoms with Crippen molar-refractivity contribution >= 4 is 29.3 Å². The van der Waals surface area contributed by atoms with E-state index in [9.17, 15) is 4.79 Å². The van der Waals surface area contributed by atoms with Crippen molar-refractivity contribution in [1.29, 1.82) is 0 Å². The maximum absolute atomic E-state index is 12.7. The van der Waals surface area contributed by atoms with Gasteiger partial charge in [-0.3, -0.25) is 4.79 Å². The van der Waals surface area contributed by atoms with Crippen LogP contribution in [0.2, 0.25) is 5.02 Å². The highest BCUT2D eigenvalue weighted by molar-refractivity contribution is 8.00. The Hall–Kier alpha value is -1.52. The molecule has 1 amide bonds. The van der Waals surface area contributed by atoms with Crippen molar-refractivity contribution in [1.82, 2.24) is 9.88 Å². The van der Waals surface area contributed by atoms with E-state index < -0.39 is 0 Å². The van der Waals surface area contributed by atoms with Gasteiger partial charge >= 0.3 is 0 Å². The number of carbonyl (C=O) groups excluding carboxylic acids is 1. The highest BCUT2D eigenvalue weighted by Crippen LogP contribution is 2.30. The van der Waals surface area contributed by atoms with Crippen molar-refractivity contribution in [2.75, 3.05) is 13.1 Å². The lowest BCUT2D eigenvalue weighted by atomic mass is 9.90. The van der Waals surface area contributed by atoms with E-state index in [1.165, 1.54) is 17.3 Å². The molecular weight excluding hydrogens is 352 g/mol. The molecule has 5 heteroatoms. The van der Waals surface area contributed by atoms with Gasteiger partial charge in [-0.15, -0.1) is 0 Å². The summed E-state index contributed by atoms with van der Waals surface area (Å²) in [7, 11) is 0. The molecule has 0 saturated carbocycles. The maximum atomic E-state index is 12.7. The molecule has 1 fully saturated rings. The highest BCUT2D eigenvalue weighted by atomic mass is 35.5. The molecule has 1 unspecified atom stereocenters. The topological polar surface area (TPSA) is 33.2 Å². The first-order chi connectivity index (χ1) is 12.1. The van der Waals surface area contributed by atoms with E-state index in [4.69, 9.17) is 11.6 Å². The molecule has 0 bridgehead atoms. The number of piperidine rings is 1. The predicted molar refractivity (Wildman–Crippen MR) is 104 cm³/mol. The van der Waals surface area contributed by atoms with Crippen LogP contribution in [0, 0.1) is 5.92 Å². The fourth-order valence-electron chi connectivity index (χ4n) is 3.24. The molecule has 0 radical (unpaired) electrons. The smallest absolute Gasteiger partial charge is 0.235 e. The number of aromatic nitrogens is 1. The van der Waals surface area contributed by atoms with Crippen LogP contribution in [0.3, 0.4) is 0 Å². The molecule has 25 heavy (non-hydrogen) atoms. The molecule has 1 aromatic carbocycles. The number of hydrogen-bond donors (Lipinski definition) is 0. The molecule has 0 aliphatic carbocycles. The first kappa shape index (κ1) is 18.3. The summed E-state index contributed by atoms with van der Waals surface area (Å²) in [5, 5.41) is 1.16. The van der Waals surface area contributed by atoms with Crippen LogP contribution < -0.4 is 0 Å². The molecule has 2 heterocycles. The maximum Gasteiger partial charge on any atom is 0.235 e.